The zero-order valence-electron chi connectivity index (χ0n) is 11.5. The Kier molecular flexibility index (Phi) is 7.05. The zero-order chi connectivity index (χ0) is 15.9. The molecule has 0 spiro atoms. The maximum Gasteiger partial charge on any atom is 0.326 e. The molecule has 1 atom stereocenters. The normalized spacial score (nSPS) is 11.8. The van der Waals surface area contributed by atoms with Gasteiger partial charge in [0.2, 0.25) is 11.8 Å². The van der Waals surface area contributed by atoms with Gasteiger partial charge in [-0.2, -0.15) is 0 Å². The average Bonchev–Trinajstić information content (AvgIpc) is 2.29. The molecule has 9 heteroatoms. The monoisotopic (exact) mass is 288 g/mol. The fraction of sp³-hybridized carbons (Fsp3) is 0.636. The Balaban J connectivity index is 4.74. The van der Waals surface area contributed by atoms with Gasteiger partial charge >= 0.3 is 12.0 Å². The topological polar surface area (TPSA) is 156 Å². The second kappa shape index (κ2) is 7.97. The van der Waals surface area contributed by atoms with Gasteiger partial charge in [-0.25, -0.2) is 9.59 Å². The molecular weight excluding hydrogens is 268 g/mol. The highest BCUT2D eigenvalue weighted by Crippen LogP contribution is 2.02. The summed E-state index contributed by atoms with van der Waals surface area (Å²) in [4.78, 5) is 45.5. The summed E-state index contributed by atoms with van der Waals surface area (Å²) in [6.45, 7) is 2.98. The van der Waals surface area contributed by atoms with Crippen LogP contribution in [0.5, 0.6) is 0 Å². The fourth-order valence-corrected chi connectivity index (χ4v) is 1.43. The van der Waals surface area contributed by atoms with E-state index in [4.69, 9.17) is 16.6 Å². The number of nitrogens with one attached hydrogen (secondary N) is 1. The van der Waals surface area contributed by atoms with Crippen molar-refractivity contribution in [3.63, 3.8) is 0 Å². The SMILES string of the molecule is CC(C)N(CC(N)=O)C(=O)NC(CCC(N)=O)C(=O)O. The van der Waals surface area contributed by atoms with Crippen molar-refractivity contribution in [2.75, 3.05) is 6.54 Å². The quantitative estimate of drug-likeness (QED) is 0.432. The number of primary amides is 2. The lowest BCUT2D eigenvalue weighted by atomic mass is 10.1. The number of carboxylic acid groups (broad SMARTS) is 1. The third-order valence-electron chi connectivity index (χ3n) is 2.49. The Labute approximate surface area is 116 Å². The van der Waals surface area contributed by atoms with Gasteiger partial charge in [0.25, 0.3) is 0 Å². The minimum Gasteiger partial charge on any atom is -0.480 e. The van der Waals surface area contributed by atoms with Gasteiger partial charge in [0, 0.05) is 12.5 Å². The van der Waals surface area contributed by atoms with Gasteiger partial charge in [0.05, 0.1) is 0 Å². The van der Waals surface area contributed by atoms with Crippen LogP contribution >= 0.6 is 0 Å². The van der Waals surface area contributed by atoms with Crippen molar-refractivity contribution in [3.05, 3.63) is 0 Å². The van der Waals surface area contributed by atoms with Gasteiger partial charge in [-0.05, 0) is 20.3 Å². The molecule has 20 heavy (non-hydrogen) atoms. The van der Waals surface area contributed by atoms with Crippen LogP contribution in [0.15, 0.2) is 0 Å². The second-order valence-electron chi connectivity index (χ2n) is 4.53. The first-order valence-electron chi connectivity index (χ1n) is 6.01. The molecule has 0 heterocycles. The van der Waals surface area contributed by atoms with Crippen LogP contribution in [0.4, 0.5) is 4.79 Å². The Hall–Kier alpha value is -2.32. The lowest BCUT2D eigenvalue weighted by molar-refractivity contribution is -0.139. The van der Waals surface area contributed by atoms with Crippen molar-refractivity contribution in [2.45, 2.75) is 38.8 Å². The molecule has 0 aliphatic carbocycles. The van der Waals surface area contributed by atoms with E-state index in [1.54, 1.807) is 13.8 Å². The molecule has 4 amide bonds. The first-order valence-corrected chi connectivity index (χ1v) is 6.01. The van der Waals surface area contributed by atoms with Gasteiger partial charge in [0.1, 0.15) is 12.6 Å². The molecule has 0 fully saturated rings. The number of urea groups is 1. The standard InChI is InChI=1S/C11H20N4O5/c1-6(2)15(5-9(13)17)11(20)14-7(10(18)19)3-4-8(12)16/h6-7H,3-5H2,1-2H3,(H2,12,16)(H2,13,17)(H,14,20)(H,18,19). The number of amides is 4. The minimum atomic E-state index is -1.29. The Morgan fingerprint density at radius 1 is 1.15 bits per heavy atom. The van der Waals surface area contributed by atoms with Gasteiger partial charge in [-0.3, -0.25) is 9.59 Å². The highest BCUT2D eigenvalue weighted by Gasteiger charge is 2.25. The van der Waals surface area contributed by atoms with Crippen molar-refractivity contribution < 1.29 is 24.3 Å². The maximum absolute atomic E-state index is 11.9. The molecule has 0 aromatic heterocycles. The fourth-order valence-electron chi connectivity index (χ4n) is 1.43. The summed E-state index contributed by atoms with van der Waals surface area (Å²) in [6.07, 6.45) is -0.298. The van der Waals surface area contributed by atoms with E-state index in [1.807, 2.05) is 0 Å². The number of nitrogens with two attached hydrogens (primary N) is 2. The second-order valence-corrected chi connectivity index (χ2v) is 4.53. The number of aliphatic carboxylic acids is 1. The smallest absolute Gasteiger partial charge is 0.326 e. The molecule has 0 saturated carbocycles. The summed E-state index contributed by atoms with van der Waals surface area (Å²) < 4.78 is 0. The largest absolute Gasteiger partial charge is 0.480 e. The number of rotatable bonds is 8. The summed E-state index contributed by atoms with van der Waals surface area (Å²) in [6, 6.07) is -2.34. The van der Waals surface area contributed by atoms with Gasteiger partial charge < -0.3 is 26.8 Å². The number of hydrogen-bond acceptors (Lipinski definition) is 4. The van der Waals surface area contributed by atoms with Gasteiger partial charge in [-0.15, -0.1) is 0 Å². The van der Waals surface area contributed by atoms with E-state index >= 15 is 0 Å². The Morgan fingerprint density at radius 2 is 1.70 bits per heavy atom. The van der Waals surface area contributed by atoms with E-state index in [0.29, 0.717) is 0 Å². The Morgan fingerprint density at radius 3 is 2.05 bits per heavy atom. The first kappa shape index (κ1) is 17.7. The number of carboxylic acids is 1. The van der Waals surface area contributed by atoms with E-state index in [-0.39, 0.29) is 25.4 Å². The molecular formula is C11H20N4O5. The number of carbonyl (C=O) groups is 4. The predicted molar refractivity (Wildman–Crippen MR) is 69.4 cm³/mol. The molecule has 0 bridgehead atoms. The molecule has 6 N–H and O–H groups in total. The lowest BCUT2D eigenvalue weighted by Gasteiger charge is -2.27. The maximum atomic E-state index is 11.9. The van der Waals surface area contributed by atoms with Crippen molar-refractivity contribution >= 4 is 23.8 Å². The first-order chi connectivity index (χ1) is 9.15. The highest BCUT2D eigenvalue weighted by atomic mass is 16.4. The lowest BCUT2D eigenvalue weighted by Crippen LogP contribution is -2.52. The zero-order valence-corrected chi connectivity index (χ0v) is 11.5. The van der Waals surface area contributed by atoms with Crippen LogP contribution in [-0.4, -0.2) is 52.4 Å². The van der Waals surface area contributed by atoms with E-state index in [2.05, 4.69) is 5.32 Å². The van der Waals surface area contributed by atoms with Crippen molar-refractivity contribution in [1.29, 1.82) is 0 Å². The van der Waals surface area contributed by atoms with Crippen LogP contribution in [0.25, 0.3) is 0 Å². The molecule has 0 aromatic rings. The van der Waals surface area contributed by atoms with Gasteiger partial charge in [0.15, 0.2) is 0 Å². The van der Waals surface area contributed by atoms with Crippen LogP contribution in [0.1, 0.15) is 26.7 Å². The third-order valence-corrected chi connectivity index (χ3v) is 2.49. The molecule has 0 saturated heterocycles. The summed E-state index contributed by atoms with van der Waals surface area (Å²) in [7, 11) is 0. The van der Waals surface area contributed by atoms with E-state index in [1.165, 1.54) is 0 Å². The molecule has 0 aliphatic heterocycles. The molecule has 0 aromatic carbocycles. The highest BCUT2D eigenvalue weighted by molar-refractivity contribution is 5.86. The van der Waals surface area contributed by atoms with E-state index < -0.39 is 29.9 Å². The molecule has 0 rings (SSSR count). The average molecular weight is 288 g/mol. The number of hydrogen-bond donors (Lipinski definition) is 4. The van der Waals surface area contributed by atoms with E-state index in [9.17, 15) is 19.2 Å². The van der Waals surface area contributed by atoms with E-state index in [0.717, 1.165) is 4.90 Å². The summed E-state index contributed by atoms with van der Waals surface area (Å²) in [5.74, 6) is -2.66. The molecule has 0 aliphatic rings. The minimum absolute atomic E-state index is 0.126. The van der Waals surface area contributed by atoms with Crippen molar-refractivity contribution in [3.8, 4) is 0 Å². The van der Waals surface area contributed by atoms with Crippen molar-refractivity contribution in [2.24, 2.45) is 11.5 Å². The Bertz CT molecular complexity index is 396. The van der Waals surface area contributed by atoms with Crippen LogP contribution in [0.2, 0.25) is 0 Å². The summed E-state index contributed by atoms with van der Waals surface area (Å²) >= 11 is 0. The van der Waals surface area contributed by atoms with Gasteiger partial charge in [-0.1, -0.05) is 0 Å². The van der Waals surface area contributed by atoms with Crippen LogP contribution in [0.3, 0.4) is 0 Å². The van der Waals surface area contributed by atoms with Crippen molar-refractivity contribution in [1.82, 2.24) is 10.2 Å². The van der Waals surface area contributed by atoms with Crippen LogP contribution < -0.4 is 16.8 Å². The number of carbonyl (C=O) groups excluding carboxylic acids is 3. The molecule has 9 nitrogen and oxygen atoms in total. The summed E-state index contributed by atoms with van der Waals surface area (Å²) in [5.41, 5.74) is 9.95. The number of nitrogens with zero attached hydrogens (tertiary/aromatic N) is 1. The summed E-state index contributed by atoms with van der Waals surface area (Å²) in [5, 5.41) is 11.2. The third kappa shape index (κ3) is 6.57. The predicted octanol–water partition coefficient (Wildman–Crippen LogP) is -1.39. The van der Waals surface area contributed by atoms with Crippen LogP contribution in [0, 0.1) is 0 Å². The molecule has 114 valence electrons. The molecule has 1 unspecified atom stereocenters. The molecule has 0 radical (unpaired) electrons. The van der Waals surface area contributed by atoms with Crippen LogP contribution in [-0.2, 0) is 14.4 Å².